The van der Waals surface area contributed by atoms with Gasteiger partial charge in [-0.2, -0.15) is 0 Å². The second-order valence-corrected chi connectivity index (χ2v) is 6.33. The lowest BCUT2D eigenvalue weighted by atomic mass is 10.1. The van der Waals surface area contributed by atoms with Crippen LogP contribution >= 0.6 is 0 Å². The Hall–Kier alpha value is -3.93. The molecule has 1 aromatic heterocycles. The van der Waals surface area contributed by atoms with Gasteiger partial charge in [-0.05, 0) is 23.8 Å². The third-order valence-electron chi connectivity index (χ3n) is 4.40. The van der Waals surface area contributed by atoms with E-state index < -0.39 is 4.92 Å². The first-order valence-corrected chi connectivity index (χ1v) is 8.71. The molecular formula is C22H16N2O4. The maximum Gasteiger partial charge on any atom is 0.269 e. The van der Waals surface area contributed by atoms with Gasteiger partial charge in [-0.3, -0.25) is 14.9 Å². The van der Waals surface area contributed by atoms with Crippen LogP contribution in [0.15, 0.2) is 88.1 Å². The number of non-ortho nitro benzene ring substituents is 1. The number of fused-ring (bicyclic) bond motifs is 1. The maximum absolute atomic E-state index is 12.6. The Morgan fingerprint density at radius 2 is 1.75 bits per heavy atom. The maximum atomic E-state index is 12.6. The zero-order chi connectivity index (χ0) is 19.5. The zero-order valence-corrected chi connectivity index (χ0v) is 14.8. The average Bonchev–Trinajstić information content (AvgIpc) is 2.73. The van der Waals surface area contributed by atoms with Crippen molar-refractivity contribution in [1.82, 2.24) is 0 Å². The molecule has 0 aliphatic carbocycles. The Morgan fingerprint density at radius 3 is 2.54 bits per heavy atom. The molecule has 3 aromatic carbocycles. The summed E-state index contributed by atoms with van der Waals surface area (Å²) in [5.41, 5.74) is 2.78. The molecule has 1 heterocycles. The molecule has 0 radical (unpaired) electrons. The molecule has 0 saturated heterocycles. The van der Waals surface area contributed by atoms with Crippen molar-refractivity contribution in [2.75, 3.05) is 5.32 Å². The van der Waals surface area contributed by atoms with Gasteiger partial charge in [0.15, 0.2) is 5.43 Å². The molecule has 0 aliphatic rings. The van der Waals surface area contributed by atoms with Crippen LogP contribution in [0.2, 0.25) is 0 Å². The number of nitro benzene ring substituents is 1. The summed E-state index contributed by atoms with van der Waals surface area (Å²) in [5, 5.41) is 14.5. The Balaban J connectivity index is 1.60. The van der Waals surface area contributed by atoms with Gasteiger partial charge in [0.25, 0.3) is 5.69 Å². The van der Waals surface area contributed by atoms with E-state index in [2.05, 4.69) is 5.32 Å². The summed E-state index contributed by atoms with van der Waals surface area (Å²) in [5.74, 6) is 0.524. The van der Waals surface area contributed by atoms with Crippen molar-refractivity contribution in [2.24, 2.45) is 0 Å². The van der Waals surface area contributed by atoms with E-state index in [9.17, 15) is 14.9 Å². The molecule has 138 valence electrons. The normalized spacial score (nSPS) is 10.7. The number of nitrogens with zero attached hydrogens (tertiary/aromatic N) is 1. The van der Waals surface area contributed by atoms with E-state index in [0.717, 1.165) is 16.8 Å². The lowest BCUT2D eigenvalue weighted by molar-refractivity contribution is -0.384. The second kappa shape index (κ2) is 7.36. The molecule has 4 rings (SSSR count). The van der Waals surface area contributed by atoms with Crippen LogP contribution in [0.4, 0.5) is 11.4 Å². The first-order valence-electron chi connectivity index (χ1n) is 8.71. The van der Waals surface area contributed by atoms with Crippen molar-refractivity contribution in [3.05, 3.63) is 105 Å². The first kappa shape index (κ1) is 17.5. The molecule has 0 atom stereocenters. The largest absolute Gasteiger partial charge is 0.456 e. The van der Waals surface area contributed by atoms with Crippen molar-refractivity contribution >= 4 is 22.3 Å². The first-order chi connectivity index (χ1) is 13.6. The zero-order valence-electron chi connectivity index (χ0n) is 14.8. The Kier molecular flexibility index (Phi) is 4.60. The average molecular weight is 372 g/mol. The lowest BCUT2D eigenvalue weighted by Gasteiger charge is -2.08. The third-order valence-corrected chi connectivity index (χ3v) is 4.40. The van der Waals surface area contributed by atoms with Gasteiger partial charge >= 0.3 is 0 Å². The summed E-state index contributed by atoms with van der Waals surface area (Å²) in [4.78, 5) is 23.0. The molecule has 0 amide bonds. The molecule has 1 N–H and O–H groups in total. The Bertz CT molecular complexity index is 1220. The Morgan fingerprint density at radius 1 is 0.929 bits per heavy atom. The van der Waals surface area contributed by atoms with E-state index in [1.807, 2.05) is 42.5 Å². The van der Waals surface area contributed by atoms with Crippen molar-refractivity contribution in [2.45, 2.75) is 6.54 Å². The van der Waals surface area contributed by atoms with Crippen LogP contribution in [-0.2, 0) is 6.54 Å². The van der Waals surface area contributed by atoms with Crippen molar-refractivity contribution in [1.29, 1.82) is 0 Å². The fourth-order valence-corrected chi connectivity index (χ4v) is 3.00. The van der Waals surface area contributed by atoms with Crippen molar-refractivity contribution < 1.29 is 9.34 Å². The molecule has 0 spiro atoms. The number of nitrogens with one attached hydrogen (secondary N) is 1. The fraction of sp³-hybridized carbons (Fsp3) is 0.0455. The van der Waals surface area contributed by atoms with E-state index in [1.165, 1.54) is 18.2 Å². The molecule has 0 unspecified atom stereocenters. The van der Waals surface area contributed by atoms with Gasteiger partial charge in [0.05, 0.1) is 10.3 Å². The molecule has 4 aromatic rings. The topological polar surface area (TPSA) is 85.4 Å². The van der Waals surface area contributed by atoms with Gasteiger partial charge in [0.2, 0.25) is 0 Å². The van der Waals surface area contributed by atoms with Crippen LogP contribution < -0.4 is 10.7 Å². The fourth-order valence-electron chi connectivity index (χ4n) is 3.00. The Labute approximate surface area is 160 Å². The van der Waals surface area contributed by atoms with Crippen LogP contribution in [0.3, 0.4) is 0 Å². The summed E-state index contributed by atoms with van der Waals surface area (Å²) in [7, 11) is 0. The van der Waals surface area contributed by atoms with Crippen LogP contribution in [-0.4, -0.2) is 4.92 Å². The number of hydrogen-bond donors (Lipinski definition) is 1. The van der Waals surface area contributed by atoms with Crippen LogP contribution in [0, 0.1) is 10.1 Å². The van der Waals surface area contributed by atoms with E-state index in [4.69, 9.17) is 4.42 Å². The predicted octanol–water partition coefficient (Wildman–Crippen LogP) is 4.98. The number of rotatable bonds is 5. The minimum absolute atomic E-state index is 0.0481. The third kappa shape index (κ3) is 3.61. The van der Waals surface area contributed by atoms with E-state index >= 15 is 0 Å². The summed E-state index contributed by atoms with van der Waals surface area (Å²) >= 11 is 0. The second-order valence-electron chi connectivity index (χ2n) is 6.33. The van der Waals surface area contributed by atoms with Gasteiger partial charge in [-0.15, -0.1) is 0 Å². The highest BCUT2D eigenvalue weighted by Gasteiger charge is 2.09. The standard InChI is InChI=1S/C22H16N2O4/c25-20-13-22(16-6-2-1-3-7-16)28-21-10-9-17(12-19(20)21)23-14-15-5-4-8-18(11-15)24(26)27/h1-13,23H,14H2. The molecule has 0 fully saturated rings. The predicted molar refractivity (Wildman–Crippen MR) is 108 cm³/mol. The van der Waals surface area contributed by atoms with Gasteiger partial charge in [0, 0.05) is 36.0 Å². The minimum atomic E-state index is -0.422. The molecule has 0 saturated carbocycles. The summed E-state index contributed by atoms with van der Waals surface area (Å²) in [6, 6.07) is 22.7. The number of benzene rings is 3. The number of nitro groups is 1. The molecule has 0 bridgehead atoms. The smallest absolute Gasteiger partial charge is 0.269 e. The minimum Gasteiger partial charge on any atom is -0.456 e. The van der Waals surface area contributed by atoms with Crippen LogP contribution in [0.5, 0.6) is 0 Å². The number of hydrogen-bond acceptors (Lipinski definition) is 5. The molecule has 0 aliphatic heterocycles. The van der Waals surface area contributed by atoms with Gasteiger partial charge < -0.3 is 9.73 Å². The van der Waals surface area contributed by atoms with Gasteiger partial charge in [-0.1, -0.05) is 42.5 Å². The van der Waals surface area contributed by atoms with E-state index in [-0.39, 0.29) is 11.1 Å². The number of anilines is 1. The van der Waals surface area contributed by atoms with E-state index in [0.29, 0.717) is 23.3 Å². The van der Waals surface area contributed by atoms with Gasteiger partial charge in [-0.25, -0.2) is 0 Å². The monoisotopic (exact) mass is 372 g/mol. The molecule has 28 heavy (non-hydrogen) atoms. The molecule has 6 heteroatoms. The summed E-state index contributed by atoms with van der Waals surface area (Å²) < 4.78 is 5.89. The van der Waals surface area contributed by atoms with E-state index in [1.54, 1.807) is 18.2 Å². The highest BCUT2D eigenvalue weighted by Crippen LogP contribution is 2.24. The summed E-state index contributed by atoms with van der Waals surface area (Å²) in [6.07, 6.45) is 0. The van der Waals surface area contributed by atoms with Crippen molar-refractivity contribution in [3.63, 3.8) is 0 Å². The van der Waals surface area contributed by atoms with Crippen LogP contribution in [0.25, 0.3) is 22.3 Å². The molecule has 6 nitrogen and oxygen atoms in total. The highest BCUT2D eigenvalue weighted by atomic mass is 16.6. The SMILES string of the molecule is O=c1cc(-c2ccccc2)oc2ccc(NCc3cccc([N+](=O)[O-])c3)cc12. The lowest BCUT2D eigenvalue weighted by Crippen LogP contribution is -2.03. The van der Waals surface area contributed by atoms with Crippen LogP contribution in [0.1, 0.15) is 5.56 Å². The highest BCUT2D eigenvalue weighted by molar-refractivity contribution is 5.82. The van der Waals surface area contributed by atoms with Crippen molar-refractivity contribution in [3.8, 4) is 11.3 Å². The quantitative estimate of drug-likeness (QED) is 0.394. The van der Waals surface area contributed by atoms with Gasteiger partial charge in [0.1, 0.15) is 11.3 Å². The summed E-state index contributed by atoms with van der Waals surface area (Å²) in [6.45, 7) is 0.403. The molecular weight excluding hydrogens is 356 g/mol.